The maximum Gasteiger partial charge on any atom is 0.242 e. The molecule has 4 nitrogen and oxygen atoms in total. The van der Waals surface area contributed by atoms with Gasteiger partial charge in [0.05, 0.1) is 0 Å². The van der Waals surface area contributed by atoms with Gasteiger partial charge >= 0.3 is 0 Å². The quantitative estimate of drug-likeness (QED) is 0.681. The molecule has 0 bridgehead atoms. The molecule has 2 N–H and O–H groups in total. The van der Waals surface area contributed by atoms with E-state index in [9.17, 15) is 9.59 Å². The van der Waals surface area contributed by atoms with Crippen LogP contribution in [0.25, 0.3) is 0 Å². The Morgan fingerprint density at radius 3 is 2.14 bits per heavy atom. The zero-order chi connectivity index (χ0) is 11.4. The fraction of sp³-hybridized carbons (Fsp3) is 0.778. The van der Waals surface area contributed by atoms with Gasteiger partial charge in [0.2, 0.25) is 11.8 Å². The van der Waals surface area contributed by atoms with Gasteiger partial charge in [-0.25, -0.2) is 0 Å². The first-order valence-corrected chi connectivity index (χ1v) is 4.93. The van der Waals surface area contributed by atoms with E-state index in [1.807, 2.05) is 20.8 Å². The molecule has 0 aliphatic heterocycles. The van der Waals surface area contributed by atoms with Crippen molar-refractivity contribution in [3.63, 3.8) is 0 Å². The fourth-order valence-electron chi connectivity index (χ4n) is 1.02. The van der Waals surface area contributed by atoms with E-state index in [0.29, 0.717) is 0 Å². The van der Waals surface area contributed by atoms with Gasteiger partial charge in [-0.1, -0.05) is 20.8 Å². The van der Waals surface area contributed by atoms with Crippen molar-refractivity contribution < 1.29 is 9.59 Å². The number of halogens is 1. The molecule has 0 saturated heterocycles. The molecule has 0 fully saturated rings. The highest BCUT2D eigenvalue weighted by molar-refractivity contribution is 6.27. The van der Waals surface area contributed by atoms with E-state index in [2.05, 4.69) is 10.6 Å². The Morgan fingerprint density at radius 2 is 1.86 bits per heavy atom. The largest absolute Gasteiger partial charge is 0.357 e. The average molecular weight is 221 g/mol. The molecule has 0 aromatic carbocycles. The van der Waals surface area contributed by atoms with Crippen LogP contribution in [0, 0.1) is 5.41 Å². The molecule has 0 aromatic heterocycles. The molecule has 14 heavy (non-hydrogen) atoms. The van der Waals surface area contributed by atoms with Crippen LogP contribution in [-0.4, -0.2) is 30.8 Å². The smallest absolute Gasteiger partial charge is 0.242 e. The number of rotatable bonds is 3. The lowest BCUT2D eigenvalue weighted by atomic mass is 9.86. The molecule has 82 valence electrons. The minimum atomic E-state index is -0.557. The molecule has 0 heterocycles. The van der Waals surface area contributed by atoms with Gasteiger partial charge in [0.15, 0.2) is 0 Å². The Hall–Kier alpha value is -0.770. The van der Waals surface area contributed by atoms with Crippen LogP contribution in [0.2, 0.25) is 0 Å². The van der Waals surface area contributed by atoms with Crippen molar-refractivity contribution in [1.29, 1.82) is 0 Å². The van der Waals surface area contributed by atoms with E-state index in [4.69, 9.17) is 11.6 Å². The summed E-state index contributed by atoms with van der Waals surface area (Å²) in [5.74, 6) is -0.685. The zero-order valence-electron chi connectivity index (χ0n) is 8.98. The van der Waals surface area contributed by atoms with Gasteiger partial charge in [0.25, 0.3) is 0 Å². The Bertz CT molecular complexity index is 223. The van der Waals surface area contributed by atoms with E-state index in [-0.39, 0.29) is 23.1 Å². The highest BCUT2D eigenvalue weighted by Crippen LogP contribution is 2.19. The van der Waals surface area contributed by atoms with Gasteiger partial charge < -0.3 is 10.6 Å². The lowest BCUT2D eigenvalue weighted by molar-refractivity contribution is -0.130. The number of hydrogen-bond acceptors (Lipinski definition) is 2. The van der Waals surface area contributed by atoms with Crippen molar-refractivity contribution in [3.05, 3.63) is 0 Å². The molecule has 5 heteroatoms. The summed E-state index contributed by atoms with van der Waals surface area (Å²) in [6.07, 6.45) is 0. The first-order valence-electron chi connectivity index (χ1n) is 4.40. The van der Waals surface area contributed by atoms with Crippen molar-refractivity contribution >= 4 is 23.4 Å². The van der Waals surface area contributed by atoms with E-state index < -0.39 is 6.04 Å². The van der Waals surface area contributed by atoms with Crippen LogP contribution in [0.3, 0.4) is 0 Å². The molecular formula is C9H17ClN2O2. The molecular weight excluding hydrogens is 204 g/mol. The van der Waals surface area contributed by atoms with Crippen molar-refractivity contribution in [2.75, 3.05) is 12.9 Å². The Kier molecular flexibility index (Phi) is 4.91. The average Bonchev–Trinajstić information content (AvgIpc) is 2.10. The second-order valence-electron chi connectivity index (χ2n) is 4.11. The Labute approximate surface area is 89.4 Å². The molecule has 0 saturated carbocycles. The van der Waals surface area contributed by atoms with Crippen LogP contribution in [0.5, 0.6) is 0 Å². The Morgan fingerprint density at radius 1 is 1.36 bits per heavy atom. The molecule has 0 rings (SSSR count). The molecule has 0 aliphatic carbocycles. The summed E-state index contributed by atoms with van der Waals surface area (Å²) in [5, 5.41) is 5.08. The summed E-state index contributed by atoms with van der Waals surface area (Å²) >= 11 is 5.35. The van der Waals surface area contributed by atoms with Gasteiger partial charge in [0.1, 0.15) is 11.9 Å². The van der Waals surface area contributed by atoms with Crippen LogP contribution in [0.15, 0.2) is 0 Å². The summed E-state index contributed by atoms with van der Waals surface area (Å²) in [5.41, 5.74) is -0.332. The summed E-state index contributed by atoms with van der Waals surface area (Å²) in [4.78, 5) is 22.5. The molecule has 1 atom stereocenters. The number of hydrogen-bond donors (Lipinski definition) is 2. The monoisotopic (exact) mass is 220 g/mol. The minimum Gasteiger partial charge on any atom is -0.357 e. The second-order valence-corrected chi connectivity index (χ2v) is 4.38. The first kappa shape index (κ1) is 13.2. The topological polar surface area (TPSA) is 58.2 Å². The lowest BCUT2D eigenvalue weighted by Gasteiger charge is -2.29. The number of likely N-dealkylation sites (N-methyl/N-ethyl adjacent to an activating group) is 1. The van der Waals surface area contributed by atoms with Gasteiger partial charge in [-0.15, -0.1) is 11.6 Å². The maximum absolute atomic E-state index is 11.4. The van der Waals surface area contributed by atoms with Crippen molar-refractivity contribution in [2.24, 2.45) is 5.41 Å². The molecule has 2 amide bonds. The first-order chi connectivity index (χ1) is 6.32. The third kappa shape index (κ3) is 3.96. The highest BCUT2D eigenvalue weighted by atomic mass is 35.5. The normalized spacial score (nSPS) is 13.2. The summed E-state index contributed by atoms with van der Waals surface area (Å²) in [6.45, 7) is 5.63. The van der Waals surface area contributed by atoms with Crippen LogP contribution in [0.4, 0.5) is 0 Å². The van der Waals surface area contributed by atoms with Crippen molar-refractivity contribution in [1.82, 2.24) is 10.6 Å². The van der Waals surface area contributed by atoms with Gasteiger partial charge in [-0.2, -0.15) is 0 Å². The summed E-state index contributed by atoms with van der Waals surface area (Å²) in [7, 11) is 1.54. The number of carbonyl (C=O) groups is 2. The van der Waals surface area contributed by atoms with E-state index in [1.165, 1.54) is 7.05 Å². The van der Waals surface area contributed by atoms with E-state index in [0.717, 1.165) is 0 Å². The third-order valence-electron chi connectivity index (χ3n) is 1.80. The minimum absolute atomic E-state index is 0.135. The van der Waals surface area contributed by atoms with E-state index >= 15 is 0 Å². The third-order valence-corrected chi connectivity index (χ3v) is 2.04. The SMILES string of the molecule is CNC(=O)C(NC(=O)CCl)C(C)(C)C. The second kappa shape index (κ2) is 5.20. The van der Waals surface area contributed by atoms with Crippen molar-refractivity contribution in [2.45, 2.75) is 26.8 Å². The highest BCUT2D eigenvalue weighted by Gasteiger charge is 2.31. The van der Waals surface area contributed by atoms with Crippen molar-refractivity contribution in [3.8, 4) is 0 Å². The molecule has 1 unspecified atom stereocenters. The zero-order valence-corrected chi connectivity index (χ0v) is 9.73. The van der Waals surface area contributed by atoms with Crippen LogP contribution >= 0.6 is 11.6 Å². The summed E-state index contributed by atoms with van der Waals surface area (Å²) < 4.78 is 0. The number of nitrogens with one attached hydrogen (secondary N) is 2. The van der Waals surface area contributed by atoms with Gasteiger partial charge in [0, 0.05) is 7.05 Å². The predicted molar refractivity (Wildman–Crippen MR) is 56.2 cm³/mol. The van der Waals surface area contributed by atoms with Gasteiger partial charge in [-0.05, 0) is 5.41 Å². The number of alkyl halides is 1. The summed E-state index contributed by atoms with van der Waals surface area (Å²) in [6, 6.07) is -0.557. The number of amides is 2. The molecule has 0 spiro atoms. The predicted octanol–water partition coefficient (Wildman–Crippen LogP) is 0.502. The van der Waals surface area contributed by atoms with Gasteiger partial charge in [-0.3, -0.25) is 9.59 Å². The molecule has 0 radical (unpaired) electrons. The lowest BCUT2D eigenvalue weighted by Crippen LogP contribution is -2.53. The van der Waals surface area contributed by atoms with E-state index in [1.54, 1.807) is 0 Å². The standard InChI is InChI=1S/C9H17ClN2O2/c1-9(2,3)7(8(14)11-4)12-6(13)5-10/h7H,5H2,1-4H3,(H,11,14)(H,12,13). The molecule has 0 aromatic rings. The van der Waals surface area contributed by atoms with Crippen LogP contribution in [-0.2, 0) is 9.59 Å². The van der Waals surface area contributed by atoms with Crippen LogP contribution in [0.1, 0.15) is 20.8 Å². The van der Waals surface area contributed by atoms with Crippen LogP contribution < -0.4 is 10.6 Å². The maximum atomic E-state index is 11.4. The number of carbonyl (C=O) groups excluding carboxylic acids is 2. The Balaban J connectivity index is 4.58. The fourth-order valence-corrected chi connectivity index (χ4v) is 1.10. The molecule has 0 aliphatic rings.